The van der Waals surface area contributed by atoms with E-state index < -0.39 is 5.97 Å². The number of fused-ring (bicyclic) bond motifs is 1. The molecule has 5 N–H and O–H groups in total. The third-order valence-electron chi connectivity index (χ3n) is 4.11. The van der Waals surface area contributed by atoms with E-state index in [1.807, 2.05) is 19.1 Å². The maximum Gasteiger partial charge on any atom is 0.339 e. The van der Waals surface area contributed by atoms with Crippen LogP contribution in [-0.2, 0) is 11.3 Å². The molecule has 1 aliphatic heterocycles. The van der Waals surface area contributed by atoms with Crippen molar-refractivity contribution in [2.75, 3.05) is 18.6 Å². The zero-order chi connectivity index (χ0) is 19.4. The van der Waals surface area contributed by atoms with Crippen LogP contribution in [0, 0.1) is 25.2 Å². The van der Waals surface area contributed by atoms with Crippen molar-refractivity contribution in [1.82, 2.24) is 5.32 Å². The number of methoxy groups -OCH3 is 1. The number of nitrogens with two attached hydrogens (primary N) is 2. The number of nitrogen functional groups attached to an aromatic ring is 2. The van der Waals surface area contributed by atoms with Crippen LogP contribution in [0.4, 0.5) is 11.4 Å². The number of amides is 1. The molecular formula is C19H20N4O3. The van der Waals surface area contributed by atoms with Crippen LogP contribution in [-0.4, -0.2) is 19.0 Å². The summed E-state index contributed by atoms with van der Waals surface area (Å²) in [7, 11) is 1.26. The van der Waals surface area contributed by atoms with E-state index in [1.54, 1.807) is 19.1 Å². The van der Waals surface area contributed by atoms with Gasteiger partial charge in [-0.1, -0.05) is 6.07 Å². The van der Waals surface area contributed by atoms with Gasteiger partial charge in [-0.15, -0.1) is 0 Å². The average molecular weight is 352 g/mol. The predicted molar refractivity (Wildman–Crippen MR) is 98.4 cm³/mol. The molecule has 0 saturated carbocycles. The third kappa shape index (κ3) is 3.75. The molecule has 0 aliphatic carbocycles. The number of esters is 1. The van der Waals surface area contributed by atoms with E-state index >= 15 is 0 Å². The van der Waals surface area contributed by atoms with Crippen molar-refractivity contribution in [3.8, 4) is 6.07 Å². The van der Waals surface area contributed by atoms with Crippen molar-refractivity contribution in [2.24, 2.45) is 0 Å². The minimum Gasteiger partial charge on any atom is -0.465 e. The van der Waals surface area contributed by atoms with Gasteiger partial charge in [-0.3, -0.25) is 4.79 Å². The molecule has 0 unspecified atom stereocenters. The number of benzene rings is 2. The number of carbonyl (C=O) groups is 2. The number of carbonyl (C=O) groups excluding carboxylic acids is 2. The lowest BCUT2D eigenvalue weighted by molar-refractivity contribution is 0.0600. The highest BCUT2D eigenvalue weighted by Gasteiger charge is 2.19. The minimum atomic E-state index is -0.548. The second kappa shape index (κ2) is 7.57. The minimum absolute atomic E-state index is 0.0169. The largest absolute Gasteiger partial charge is 0.465 e. The monoisotopic (exact) mass is 352 g/mol. The first-order chi connectivity index (χ1) is 12.3. The summed E-state index contributed by atoms with van der Waals surface area (Å²) in [5.74, 6) is -0.565. The fourth-order valence-electron chi connectivity index (χ4n) is 2.51. The SMILES string of the molecule is COC(=O)c1cc(N)c(C)cc1C#N.Cc1cc2c(cc1N)C(=O)NC2. The topological polar surface area (TPSA) is 131 Å². The van der Waals surface area contributed by atoms with Crippen LogP contribution in [0.15, 0.2) is 24.3 Å². The molecular weight excluding hydrogens is 332 g/mol. The van der Waals surface area contributed by atoms with Crippen molar-refractivity contribution in [3.63, 3.8) is 0 Å². The van der Waals surface area contributed by atoms with Gasteiger partial charge in [-0.25, -0.2) is 4.79 Å². The Morgan fingerprint density at radius 3 is 2.38 bits per heavy atom. The molecule has 7 heteroatoms. The van der Waals surface area contributed by atoms with Crippen LogP contribution in [0.5, 0.6) is 0 Å². The first-order valence-corrected chi connectivity index (χ1v) is 7.84. The van der Waals surface area contributed by atoms with Gasteiger partial charge in [0.1, 0.15) is 6.07 Å². The van der Waals surface area contributed by atoms with Crippen LogP contribution in [0.2, 0.25) is 0 Å². The van der Waals surface area contributed by atoms with E-state index in [4.69, 9.17) is 16.7 Å². The molecule has 3 rings (SSSR count). The van der Waals surface area contributed by atoms with Gasteiger partial charge >= 0.3 is 5.97 Å². The first kappa shape index (κ1) is 18.8. The summed E-state index contributed by atoms with van der Waals surface area (Å²) in [5.41, 5.74) is 16.5. The number of anilines is 2. The second-order valence-electron chi connectivity index (χ2n) is 5.91. The van der Waals surface area contributed by atoms with Gasteiger partial charge in [0, 0.05) is 23.5 Å². The van der Waals surface area contributed by atoms with Gasteiger partial charge in [0.2, 0.25) is 0 Å². The van der Waals surface area contributed by atoms with Crippen molar-refractivity contribution in [2.45, 2.75) is 20.4 Å². The van der Waals surface area contributed by atoms with Crippen molar-refractivity contribution in [3.05, 3.63) is 57.6 Å². The van der Waals surface area contributed by atoms with E-state index in [1.165, 1.54) is 13.2 Å². The highest BCUT2D eigenvalue weighted by Crippen LogP contribution is 2.21. The van der Waals surface area contributed by atoms with Crippen molar-refractivity contribution < 1.29 is 14.3 Å². The van der Waals surface area contributed by atoms with E-state index in [2.05, 4.69) is 10.1 Å². The number of aryl methyl sites for hydroxylation is 2. The molecule has 0 radical (unpaired) electrons. The van der Waals surface area contributed by atoms with Gasteiger partial charge in [-0.05, 0) is 48.7 Å². The lowest BCUT2D eigenvalue weighted by atomic mass is 10.0. The normalized spacial score (nSPS) is 11.5. The average Bonchev–Trinajstić information content (AvgIpc) is 2.97. The van der Waals surface area contributed by atoms with Crippen molar-refractivity contribution >= 4 is 23.3 Å². The maximum absolute atomic E-state index is 11.2. The number of nitrogens with zero attached hydrogens (tertiary/aromatic N) is 1. The predicted octanol–water partition coefficient (Wildman–Crippen LogP) is 2.06. The van der Waals surface area contributed by atoms with Crippen molar-refractivity contribution in [1.29, 1.82) is 5.26 Å². The maximum atomic E-state index is 11.2. The first-order valence-electron chi connectivity index (χ1n) is 7.84. The smallest absolute Gasteiger partial charge is 0.339 e. The number of hydrogen-bond donors (Lipinski definition) is 3. The number of ether oxygens (including phenoxy) is 1. The summed E-state index contributed by atoms with van der Waals surface area (Å²) in [6, 6.07) is 8.66. The van der Waals surface area contributed by atoms with Gasteiger partial charge in [0.05, 0.1) is 18.2 Å². The molecule has 0 saturated heterocycles. The number of hydrogen-bond acceptors (Lipinski definition) is 6. The molecule has 1 heterocycles. The molecule has 1 aliphatic rings. The highest BCUT2D eigenvalue weighted by molar-refractivity contribution is 5.99. The lowest BCUT2D eigenvalue weighted by Gasteiger charge is -2.05. The number of rotatable bonds is 1. The summed E-state index contributed by atoms with van der Waals surface area (Å²) < 4.78 is 4.53. The van der Waals surface area contributed by atoms with Gasteiger partial charge in [-0.2, -0.15) is 5.26 Å². The zero-order valence-corrected chi connectivity index (χ0v) is 14.8. The Kier molecular flexibility index (Phi) is 5.48. The van der Waals surface area contributed by atoms with Gasteiger partial charge < -0.3 is 21.5 Å². The summed E-state index contributed by atoms with van der Waals surface area (Å²) in [4.78, 5) is 22.4. The molecule has 0 fully saturated rings. The fraction of sp³-hybridized carbons (Fsp3) is 0.211. The lowest BCUT2D eigenvalue weighted by Crippen LogP contribution is -2.12. The zero-order valence-electron chi connectivity index (χ0n) is 14.8. The number of nitriles is 1. The Morgan fingerprint density at radius 1 is 1.15 bits per heavy atom. The second-order valence-corrected chi connectivity index (χ2v) is 5.91. The Labute approximate surface area is 151 Å². The van der Waals surface area contributed by atoms with Gasteiger partial charge in [0.15, 0.2) is 0 Å². The molecule has 26 heavy (non-hydrogen) atoms. The molecule has 2 aromatic carbocycles. The van der Waals surface area contributed by atoms with E-state index in [-0.39, 0.29) is 17.0 Å². The molecule has 1 amide bonds. The Balaban J connectivity index is 0.000000189. The molecule has 0 aromatic heterocycles. The quantitative estimate of drug-likeness (QED) is 0.532. The van der Waals surface area contributed by atoms with Crippen LogP contribution in [0.1, 0.15) is 43.0 Å². The highest BCUT2D eigenvalue weighted by atomic mass is 16.5. The number of nitrogens with one attached hydrogen (secondary N) is 1. The summed E-state index contributed by atoms with van der Waals surface area (Å²) in [5, 5.41) is 11.5. The summed E-state index contributed by atoms with van der Waals surface area (Å²) >= 11 is 0. The summed E-state index contributed by atoms with van der Waals surface area (Å²) in [6.45, 7) is 4.35. The van der Waals surface area contributed by atoms with Crippen LogP contribution in [0.3, 0.4) is 0 Å². The Morgan fingerprint density at radius 2 is 1.77 bits per heavy atom. The van der Waals surface area contributed by atoms with E-state index in [9.17, 15) is 9.59 Å². The molecule has 0 spiro atoms. The molecule has 2 aromatic rings. The Hall–Kier alpha value is -3.53. The van der Waals surface area contributed by atoms with Crippen LogP contribution in [0.25, 0.3) is 0 Å². The molecule has 0 atom stereocenters. The molecule has 7 nitrogen and oxygen atoms in total. The molecule has 134 valence electrons. The molecule has 0 bridgehead atoms. The van der Waals surface area contributed by atoms with E-state index in [0.717, 1.165) is 22.3 Å². The van der Waals surface area contributed by atoms with Crippen LogP contribution >= 0.6 is 0 Å². The third-order valence-corrected chi connectivity index (χ3v) is 4.11. The standard InChI is InChI=1S/C10H10N2O2.C9H10N2O/c1-6-3-7(5-11)8(4-9(6)12)10(13)14-2;1-5-2-6-4-11-9(12)7(6)3-8(5)10/h3-4H,12H2,1-2H3;2-3H,4,10H2,1H3,(H,11,12). The summed E-state index contributed by atoms with van der Waals surface area (Å²) in [6.07, 6.45) is 0. The van der Waals surface area contributed by atoms with Crippen LogP contribution < -0.4 is 16.8 Å². The Bertz CT molecular complexity index is 929. The van der Waals surface area contributed by atoms with Gasteiger partial charge in [0.25, 0.3) is 5.91 Å². The fourth-order valence-corrected chi connectivity index (χ4v) is 2.51. The van der Waals surface area contributed by atoms with E-state index in [0.29, 0.717) is 17.9 Å².